The van der Waals surface area contributed by atoms with Crippen molar-refractivity contribution in [1.29, 1.82) is 0 Å². The number of carbonyl (C=O) groups excluding carboxylic acids is 1. The van der Waals surface area contributed by atoms with E-state index in [2.05, 4.69) is 10.3 Å². The Kier molecular flexibility index (Phi) is 5.31. The molecule has 6 heteroatoms. The molecule has 1 amide bonds. The van der Waals surface area contributed by atoms with Crippen LogP contribution < -0.4 is 5.32 Å². The number of nitrogens with zero attached hydrogens (tertiary/aromatic N) is 1. The Morgan fingerprint density at radius 2 is 2.29 bits per heavy atom. The fourth-order valence-corrected chi connectivity index (χ4v) is 2.90. The van der Waals surface area contributed by atoms with Crippen LogP contribution >= 0.6 is 22.9 Å². The molecule has 0 aliphatic carbocycles. The highest BCUT2D eigenvalue weighted by atomic mass is 35.5. The maximum atomic E-state index is 13.5. The van der Waals surface area contributed by atoms with E-state index in [0.29, 0.717) is 11.4 Å². The average molecular weight is 327 g/mol. The highest BCUT2D eigenvalue weighted by Gasteiger charge is 2.13. The Labute approximate surface area is 132 Å². The second kappa shape index (κ2) is 7.00. The summed E-state index contributed by atoms with van der Waals surface area (Å²) in [7, 11) is 0. The predicted molar refractivity (Wildman–Crippen MR) is 83.1 cm³/mol. The van der Waals surface area contributed by atoms with E-state index in [1.54, 1.807) is 13.0 Å². The van der Waals surface area contributed by atoms with Crippen molar-refractivity contribution in [3.05, 3.63) is 51.2 Å². The molecule has 112 valence electrons. The van der Waals surface area contributed by atoms with Crippen molar-refractivity contribution >= 4 is 28.8 Å². The van der Waals surface area contributed by atoms with Crippen LogP contribution in [0, 0.1) is 12.7 Å². The molecule has 1 aromatic carbocycles. The fraction of sp³-hybridized carbons (Fsp3) is 0.333. The van der Waals surface area contributed by atoms with E-state index < -0.39 is 0 Å². The van der Waals surface area contributed by atoms with Gasteiger partial charge in [0.15, 0.2) is 0 Å². The summed E-state index contributed by atoms with van der Waals surface area (Å²) in [5, 5.41) is 5.42. The lowest BCUT2D eigenvalue weighted by molar-refractivity contribution is -0.121. The molecule has 1 atom stereocenters. The molecule has 0 fully saturated rings. The van der Waals surface area contributed by atoms with Crippen LogP contribution in [0.3, 0.4) is 0 Å². The minimum atomic E-state index is -0.264. The number of rotatable bonds is 5. The van der Waals surface area contributed by atoms with Crippen LogP contribution in [0.4, 0.5) is 4.39 Å². The zero-order valence-electron chi connectivity index (χ0n) is 11.8. The molecule has 0 bridgehead atoms. The van der Waals surface area contributed by atoms with Gasteiger partial charge in [0.2, 0.25) is 5.91 Å². The number of hydrogen-bond acceptors (Lipinski definition) is 3. The van der Waals surface area contributed by atoms with Gasteiger partial charge in [-0.05, 0) is 31.0 Å². The molecule has 0 aliphatic rings. The van der Waals surface area contributed by atoms with Crippen molar-refractivity contribution in [1.82, 2.24) is 10.3 Å². The molecule has 0 radical (unpaired) electrons. The Balaban J connectivity index is 1.96. The molecule has 0 saturated heterocycles. The Bertz CT molecular complexity index is 644. The standard InChI is InChI=1S/C15H16ClFN2OS/c1-9-3-4-11(5-13(9)17)10(2)18-14(20)6-15-19-12(7-16)8-21-15/h3-5,8,10H,6-7H2,1-2H3,(H,18,20). The average Bonchev–Trinajstić information content (AvgIpc) is 2.89. The van der Waals surface area contributed by atoms with E-state index in [0.717, 1.165) is 16.3 Å². The van der Waals surface area contributed by atoms with E-state index >= 15 is 0 Å². The third-order valence-electron chi connectivity index (χ3n) is 3.12. The van der Waals surface area contributed by atoms with Crippen molar-refractivity contribution in [2.75, 3.05) is 0 Å². The Morgan fingerprint density at radius 3 is 2.90 bits per heavy atom. The molecule has 1 aromatic heterocycles. The van der Waals surface area contributed by atoms with Gasteiger partial charge in [0.1, 0.15) is 10.8 Å². The summed E-state index contributed by atoms with van der Waals surface area (Å²) >= 11 is 7.09. The number of aryl methyl sites for hydroxylation is 1. The van der Waals surface area contributed by atoms with Crippen molar-refractivity contribution in [2.45, 2.75) is 32.2 Å². The zero-order chi connectivity index (χ0) is 15.4. The van der Waals surface area contributed by atoms with Gasteiger partial charge in [-0.15, -0.1) is 22.9 Å². The molecule has 21 heavy (non-hydrogen) atoms. The SMILES string of the molecule is Cc1ccc(C(C)NC(=O)Cc2nc(CCl)cs2)cc1F. The first kappa shape index (κ1) is 15.9. The van der Waals surface area contributed by atoms with E-state index in [9.17, 15) is 9.18 Å². The van der Waals surface area contributed by atoms with E-state index in [4.69, 9.17) is 11.6 Å². The van der Waals surface area contributed by atoms with Crippen molar-refractivity contribution < 1.29 is 9.18 Å². The summed E-state index contributed by atoms with van der Waals surface area (Å²) in [5.41, 5.74) is 2.11. The number of benzene rings is 1. The second-order valence-electron chi connectivity index (χ2n) is 4.84. The number of halogens is 2. The number of alkyl halides is 1. The van der Waals surface area contributed by atoms with Gasteiger partial charge in [0, 0.05) is 5.38 Å². The van der Waals surface area contributed by atoms with Crippen LogP contribution in [-0.4, -0.2) is 10.9 Å². The minimum absolute atomic E-state index is 0.140. The summed E-state index contributed by atoms with van der Waals surface area (Å²) in [4.78, 5) is 16.2. The normalized spacial score (nSPS) is 12.2. The molecule has 0 spiro atoms. The van der Waals surface area contributed by atoms with Gasteiger partial charge >= 0.3 is 0 Å². The third-order valence-corrected chi connectivity index (χ3v) is 4.29. The number of thiazole rings is 1. The minimum Gasteiger partial charge on any atom is -0.349 e. The highest BCUT2D eigenvalue weighted by molar-refractivity contribution is 7.09. The number of aromatic nitrogens is 1. The Hall–Kier alpha value is -1.46. The summed E-state index contributed by atoms with van der Waals surface area (Å²) in [6.45, 7) is 3.54. The molecule has 0 aliphatic heterocycles. The zero-order valence-corrected chi connectivity index (χ0v) is 13.4. The molecule has 0 saturated carbocycles. The molecule has 3 nitrogen and oxygen atoms in total. The lowest BCUT2D eigenvalue weighted by Crippen LogP contribution is -2.28. The highest BCUT2D eigenvalue weighted by Crippen LogP contribution is 2.17. The molecular formula is C15H16ClFN2OS. The lowest BCUT2D eigenvalue weighted by atomic mass is 10.1. The summed E-state index contributed by atoms with van der Waals surface area (Å²) < 4.78 is 13.5. The van der Waals surface area contributed by atoms with E-state index in [1.807, 2.05) is 18.4 Å². The van der Waals surface area contributed by atoms with Crippen LogP contribution in [0.15, 0.2) is 23.6 Å². The molecule has 1 N–H and O–H groups in total. The van der Waals surface area contributed by atoms with Crippen molar-refractivity contribution in [3.63, 3.8) is 0 Å². The van der Waals surface area contributed by atoms with Crippen LogP contribution in [-0.2, 0) is 17.1 Å². The first-order valence-corrected chi connectivity index (χ1v) is 7.95. The summed E-state index contributed by atoms with van der Waals surface area (Å²) in [6.07, 6.45) is 0.209. The monoisotopic (exact) mass is 326 g/mol. The summed E-state index contributed by atoms with van der Waals surface area (Å²) in [5.74, 6) is -0.0591. The second-order valence-corrected chi connectivity index (χ2v) is 6.05. The fourth-order valence-electron chi connectivity index (χ4n) is 1.88. The van der Waals surface area contributed by atoms with Crippen LogP contribution in [0.1, 0.15) is 34.8 Å². The number of amides is 1. The van der Waals surface area contributed by atoms with Gasteiger partial charge in [-0.25, -0.2) is 9.37 Å². The number of carbonyl (C=O) groups is 1. The van der Waals surface area contributed by atoms with E-state index in [1.165, 1.54) is 17.4 Å². The lowest BCUT2D eigenvalue weighted by Gasteiger charge is -2.14. The van der Waals surface area contributed by atoms with Gasteiger partial charge in [-0.1, -0.05) is 12.1 Å². The quantitative estimate of drug-likeness (QED) is 0.850. The first-order valence-electron chi connectivity index (χ1n) is 6.54. The molecule has 1 heterocycles. The smallest absolute Gasteiger partial charge is 0.227 e. The van der Waals surface area contributed by atoms with Gasteiger partial charge in [0.25, 0.3) is 0 Å². The van der Waals surface area contributed by atoms with Crippen molar-refractivity contribution in [3.8, 4) is 0 Å². The largest absolute Gasteiger partial charge is 0.349 e. The number of nitrogens with one attached hydrogen (secondary N) is 1. The van der Waals surface area contributed by atoms with Crippen LogP contribution in [0.2, 0.25) is 0 Å². The number of hydrogen-bond donors (Lipinski definition) is 1. The van der Waals surface area contributed by atoms with Gasteiger partial charge in [-0.2, -0.15) is 0 Å². The van der Waals surface area contributed by atoms with E-state index in [-0.39, 0.29) is 24.2 Å². The topological polar surface area (TPSA) is 42.0 Å². The third kappa shape index (κ3) is 4.25. The maximum Gasteiger partial charge on any atom is 0.227 e. The summed E-state index contributed by atoms with van der Waals surface area (Å²) in [6, 6.07) is 4.73. The molecule has 2 rings (SSSR count). The Morgan fingerprint density at radius 1 is 1.52 bits per heavy atom. The van der Waals surface area contributed by atoms with Crippen molar-refractivity contribution in [2.24, 2.45) is 0 Å². The molecule has 2 aromatic rings. The molecule has 1 unspecified atom stereocenters. The van der Waals surface area contributed by atoms with Crippen LogP contribution in [0.25, 0.3) is 0 Å². The van der Waals surface area contributed by atoms with Gasteiger partial charge < -0.3 is 5.32 Å². The predicted octanol–water partition coefficient (Wildman–Crippen LogP) is 3.75. The molecular weight excluding hydrogens is 311 g/mol. The van der Waals surface area contributed by atoms with Crippen LogP contribution in [0.5, 0.6) is 0 Å². The maximum absolute atomic E-state index is 13.5. The van der Waals surface area contributed by atoms with Gasteiger partial charge in [-0.3, -0.25) is 4.79 Å². The first-order chi connectivity index (χ1) is 9.99. The van der Waals surface area contributed by atoms with Gasteiger partial charge in [0.05, 0.1) is 24.0 Å².